The monoisotopic (exact) mass is 368 g/mol. The minimum absolute atomic E-state index is 0.0941. The largest absolute Gasteiger partial charge is 0.244 e. The first-order valence-corrected chi connectivity index (χ1v) is 10.2. The predicted molar refractivity (Wildman–Crippen MR) is 95.9 cm³/mol. The summed E-state index contributed by atoms with van der Waals surface area (Å²) in [5.74, 6) is 0.722. The molecule has 1 aliphatic heterocycles. The zero-order chi connectivity index (χ0) is 18.4. The Hall–Kier alpha value is -2.30. The van der Waals surface area contributed by atoms with Crippen LogP contribution in [0.3, 0.4) is 0 Å². The average Bonchev–Trinajstić information content (AvgIpc) is 2.99. The summed E-state index contributed by atoms with van der Waals surface area (Å²) in [7, 11) is -3.71. The number of hydrogen-bond donors (Lipinski definition) is 0. The van der Waals surface area contributed by atoms with Gasteiger partial charge in [0, 0.05) is 24.7 Å². The Morgan fingerprint density at radius 2 is 2.08 bits per heavy atom. The third-order valence-corrected chi connectivity index (χ3v) is 7.43. The molecule has 7 heteroatoms. The zero-order valence-corrected chi connectivity index (χ0v) is 15.5. The number of nitriles is 1. The molecule has 0 radical (unpaired) electrons. The minimum Gasteiger partial charge on any atom is -0.241 e. The van der Waals surface area contributed by atoms with Crippen LogP contribution in [0, 0.1) is 18.3 Å². The van der Waals surface area contributed by atoms with E-state index in [1.54, 1.807) is 22.5 Å². The molecule has 1 aromatic carbocycles. The van der Waals surface area contributed by atoms with E-state index in [1.165, 1.54) is 6.07 Å². The minimum atomic E-state index is -3.71. The number of rotatable bonds is 2. The van der Waals surface area contributed by atoms with Gasteiger partial charge in [-0.05, 0) is 50.3 Å². The molecule has 0 N–H and O–H groups in total. The fourth-order valence-corrected chi connectivity index (χ4v) is 5.95. The summed E-state index contributed by atoms with van der Waals surface area (Å²) in [5.41, 5.74) is 2.10. The molecule has 1 aliphatic carbocycles. The summed E-state index contributed by atoms with van der Waals surface area (Å²) in [6, 6.07) is 8.41. The molecule has 1 spiro atoms. The van der Waals surface area contributed by atoms with E-state index in [0.29, 0.717) is 13.1 Å². The number of benzene rings is 1. The quantitative estimate of drug-likeness (QED) is 0.812. The van der Waals surface area contributed by atoms with E-state index in [2.05, 4.69) is 9.97 Å². The molecule has 2 aromatic rings. The third-order valence-electron chi connectivity index (χ3n) is 5.53. The second-order valence-corrected chi connectivity index (χ2v) is 9.03. The molecule has 1 atom stereocenters. The number of aromatic nitrogens is 2. The maximum Gasteiger partial charge on any atom is 0.244 e. The van der Waals surface area contributed by atoms with Crippen LogP contribution in [-0.4, -0.2) is 35.8 Å². The van der Waals surface area contributed by atoms with Gasteiger partial charge in [-0.2, -0.15) is 9.57 Å². The summed E-state index contributed by atoms with van der Waals surface area (Å²) in [4.78, 5) is 9.05. The Balaban J connectivity index is 1.73. The molecule has 1 unspecified atom stereocenters. The van der Waals surface area contributed by atoms with E-state index >= 15 is 0 Å². The number of hydrogen-bond acceptors (Lipinski definition) is 5. The van der Waals surface area contributed by atoms with Crippen molar-refractivity contribution >= 4 is 10.0 Å². The van der Waals surface area contributed by atoms with Crippen LogP contribution in [0.25, 0.3) is 0 Å². The van der Waals surface area contributed by atoms with Gasteiger partial charge in [-0.3, -0.25) is 0 Å². The zero-order valence-electron chi connectivity index (χ0n) is 14.6. The highest BCUT2D eigenvalue weighted by atomic mass is 32.2. The highest BCUT2D eigenvalue weighted by Gasteiger charge is 2.46. The molecular formula is C19H20N4O2S. The maximum atomic E-state index is 13.2. The lowest BCUT2D eigenvalue weighted by Gasteiger charge is -2.39. The van der Waals surface area contributed by atoms with Gasteiger partial charge in [0.25, 0.3) is 0 Å². The van der Waals surface area contributed by atoms with Crippen molar-refractivity contribution in [1.82, 2.24) is 14.3 Å². The van der Waals surface area contributed by atoms with Crippen LogP contribution in [0.15, 0.2) is 35.4 Å². The molecule has 2 aliphatic rings. The predicted octanol–water partition coefficient (Wildman–Crippen LogP) is 2.33. The Kier molecular flexibility index (Phi) is 4.05. The average molecular weight is 368 g/mol. The fourth-order valence-electron chi connectivity index (χ4n) is 4.24. The lowest BCUT2D eigenvalue weighted by atomic mass is 9.78. The normalized spacial score (nSPS) is 22.9. The molecule has 0 amide bonds. The Bertz CT molecular complexity index is 1010. The molecule has 1 saturated heterocycles. The van der Waals surface area contributed by atoms with Crippen molar-refractivity contribution in [3.8, 4) is 6.07 Å². The smallest absolute Gasteiger partial charge is 0.241 e. The van der Waals surface area contributed by atoms with Gasteiger partial charge in [-0.1, -0.05) is 12.1 Å². The second-order valence-electron chi connectivity index (χ2n) is 7.12. The van der Waals surface area contributed by atoms with Crippen molar-refractivity contribution in [2.45, 2.75) is 42.9 Å². The van der Waals surface area contributed by atoms with Crippen molar-refractivity contribution in [3.05, 3.63) is 53.1 Å². The first kappa shape index (κ1) is 17.1. The molecule has 4 rings (SSSR count). The SMILES string of the molecule is Cc1ncc2c(n1)C1(CCCN(S(=O)(=O)c3ccccc3C#N)C1)CC2. The van der Waals surface area contributed by atoms with Gasteiger partial charge in [0.1, 0.15) is 11.9 Å². The Morgan fingerprint density at radius 3 is 2.88 bits per heavy atom. The van der Waals surface area contributed by atoms with Gasteiger partial charge in [0.2, 0.25) is 10.0 Å². The van der Waals surface area contributed by atoms with Crippen molar-refractivity contribution < 1.29 is 8.42 Å². The maximum absolute atomic E-state index is 13.2. The van der Waals surface area contributed by atoms with E-state index in [1.807, 2.05) is 19.2 Å². The van der Waals surface area contributed by atoms with Crippen LogP contribution in [0.5, 0.6) is 0 Å². The topological polar surface area (TPSA) is 87.0 Å². The first-order chi connectivity index (χ1) is 12.5. The lowest BCUT2D eigenvalue weighted by Crippen LogP contribution is -2.48. The number of aryl methyl sites for hydroxylation is 2. The third kappa shape index (κ3) is 2.61. The molecule has 134 valence electrons. The van der Waals surface area contributed by atoms with E-state index in [-0.39, 0.29) is 15.9 Å². The molecule has 1 fully saturated rings. The molecule has 2 heterocycles. The summed E-state index contributed by atoms with van der Waals surface area (Å²) in [5, 5.41) is 9.30. The van der Waals surface area contributed by atoms with Crippen molar-refractivity contribution in [1.29, 1.82) is 5.26 Å². The van der Waals surface area contributed by atoms with Gasteiger partial charge >= 0.3 is 0 Å². The molecule has 1 aromatic heterocycles. The van der Waals surface area contributed by atoms with Crippen molar-refractivity contribution in [3.63, 3.8) is 0 Å². The summed E-state index contributed by atoms with van der Waals surface area (Å²) in [6.45, 7) is 2.76. The summed E-state index contributed by atoms with van der Waals surface area (Å²) in [6.07, 6.45) is 5.38. The van der Waals surface area contributed by atoms with E-state index < -0.39 is 10.0 Å². The van der Waals surface area contributed by atoms with Crippen LogP contribution in [0.2, 0.25) is 0 Å². The van der Waals surface area contributed by atoms with Crippen LogP contribution < -0.4 is 0 Å². The number of piperidine rings is 1. The van der Waals surface area contributed by atoms with Gasteiger partial charge in [0.05, 0.1) is 16.2 Å². The van der Waals surface area contributed by atoms with Crippen LogP contribution >= 0.6 is 0 Å². The fraction of sp³-hybridized carbons (Fsp3) is 0.421. The van der Waals surface area contributed by atoms with Gasteiger partial charge in [-0.25, -0.2) is 18.4 Å². The van der Waals surface area contributed by atoms with Crippen LogP contribution in [0.4, 0.5) is 0 Å². The number of sulfonamides is 1. The molecule has 0 bridgehead atoms. The van der Waals surface area contributed by atoms with Gasteiger partial charge in [-0.15, -0.1) is 0 Å². The van der Waals surface area contributed by atoms with Gasteiger partial charge in [0.15, 0.2) is 0 Å². The van der Waals surface area contributed by atoms with E-state index in [4.69, 9.17) is 0 Å². The standard InChI is InChI=1S/C19H20N4O2S/c1-14-21-12-16-7-9-19(18(16)22-14)8-4-10-23(13-19)26(24,25)17-6-3-2-5-15(17)11-20/h2-3,5-6,12H,4,7-10,13H2,1H3. The summed E-state index contributed by atoms with van der Waals surface area (Å²) < 4.78 is 28.0. The second kappa shape index (κ2) is 6.15. The molecule has 6 nitrogen and oxygen atoms in total. The molecule has 26 heavy (non-hydrogen) atoms. The van der Waals surface area contributed by atoms with Crippen LogP contribution in [-0.2, 0) is 21.9 Å². The molecule has 0 saturated carbocycles. The Labute approximate surface area is 153 Å². The van der Waals surface area contributed by atoms with E-state index in [0.717, 1.165) is 42.8 Å². The number of nitrogens with zero attached hydrogens (tertiary/aromatic N) is 4. The molecular weight excluding hydrogens is 348 g/mol. The highest BCUT2D eigenvalue weighted by molar-refractivity contribution is 7.89. The Morgan fingerprint density at radius 1 is 1.27 bits per heavy atom. The van der Waals surface area contributed by atoms with Gasteiger partial charge < -0.3 is 0 Å². The van der Waals surface area contributed by atoms with Crippen molar-refractivity contribution in [2.24, 2.45) is 0 Å². The summed E-state index contributed by atoms with van der Waals surface area (Å²) >= 11 is 0. The number of fused-ring (bicyclic) bond motifs is 2. The van der Waals surface area contributed by atoms with Crippen LogP contribution in [0.1, 0.15) is 41.9 Å². The lowest BCUT2D eigenvalue weighted by molar-refractivity contribution is 0.219. The highest BCUT2D eigenvalue weighted by Crippen LogP contribution is 2.44. The first-order valence-electron chi connectivity index (χ1n) is 8.79. The van der Waals surface area contributed by atoms with Crippen molar-refractivity contribution in [2.75, 3.05) is 13.1 Å². The van der Waals surface area contributed by atoms with E-state index in [9.17, 15) is 13.7 Å².